The van der Waals surface area contributed by atoms with Crippen molar-refractivity contribution >= 4 is 12.0 Å². The molecule has 0 radical (unpaired) electrons. The van der Waals surface area contributed by atoms with Gasteiger partial charge in [-0.1, -0.05) is 11.1 Å². The van der Waals surface area contributed by atoms with Crippen LogP contribution in [-0.4, -0.2) is 6.21 Å². The largest absolute Gasteiger partial charge is 0.323 e. The third kappa shape index (κ3) is 1.42. The van der Waals surface area contributed by atoms with E-state index in [1.54, 1.807) is 0 Å². The summed E-state index contributed by atoms with van der Waals surface area (Å²) in [6, 6.07) is 6.01. The van der Waals surface area contributed by atoms with Gasteiger partial charge in [0.25, 0.3) is 0 Å². The standard InChI is InChI=1S/C10H11N2/c1-4-8-12(9-5-1)10-6-2-3-7-11-10/h1,4-9H,2-3H2/q+1. The van der Waals surface area contributed by atoms with Crippen LogP contribution in [0.15, 0.2) is 41.7 Å². The average molecular weight is 159 g/mol. The van der Waals surface area contributed by atoms with Crippen LogP contribution in [0.25, 0.3) is 5.82 Å². The van der Waals surface area contributed by atoms with Gasteiger partial charge in [-0.05, 0) is 18.6 Å². The second-order valence-electron chi connectivity index (χ2n) is 2.73. The number of pyridine rings is 1. The van der Waals surface area contributed by atoms with Crippen LogP contribution < -0.4 is 4.57 Å². The lowest BCUT2D eigenvalue weighted by Crippen LogP contribution is -2.30. The van der Waals surface area contributed by atoms with Gasteiger partial charge >= 0.3 is 5.82 Å². The van der Waals surface area contributed by atoms with Gasteiger partial charge in [0.1, 0.15) is 6.21 Å². The van der Waals surface area contributed by atoms with Crippen LogP contribution in [0.3, 0.4) is 0 Å². The number of allylic oxidation sites excluding steroid dienone is 1. The monoisotopic (exact) mass is 159 g/mol. The summed E-state index contributed by atoms with van der Waals surface area (Å²) in [5.74, 6) is 1.03. The Hall–Kier alpha value is -1.44. The first-order chi connectivity index (χ1) is 5.97. The zero-order valence-corrected chi connectivity index (χ0v) is 6.85. The van der Waals surface area contributed by atoms with Gasteiger partial charge in [-0.2, -0.15) is 0 Å². The van der Waals surface area contributed by atoms with Crippen molar-refractivity contribution in [1.29, 1.82) is 0 Å². The molecule has 2 heteroatoms. The van der Waals surface area contributed by atoms with E-state index in [1.807, 2.05) is 41.4 Å². The van der Waals surface area contributed by atoms with Crippen molar-refractivity contribution in [1.82, 2.24) is 0 Å². The van der Waals surface area contributed by atoms with Gasteiger partial charge < -0.3 is 0 Å². The first kappa shape index (κ1) is 7.22. The lowest BCUT2D eigenvalue weighted by Gasteiger charge is -1.97. The molecular formula is C10H11N2+. The summed E-state index contributed by atoms with van der Waals surface area (Å²) in [7, 11) is 0. The molecule has 1 aliphatic heterocycles. The molecule has 1 aliphatic rings. The normalized spacial score (nSPS) is 15.8. The highest BCUT2D eigenvalue weighted by Gasteiger charge is 2.08. The van der Waals surface area contributed by atoms with Crippen LogP contribution in [0.2, 0.25) is 0 Å². The van der Waals surface area contributed by atoms with Crippen molar-refractivity contribution in [3.05, 3.63) is 36.7 Å². The first-order valence-electron chi connectivity index (χ1n) is 4.16. The molecule has 0 saturated carbocycles. The van der Waals surface area contributed by atoms with E-state index in [1.165, 1.54) is 0 Å². The van der Waals surface area contributed by atoms with Crippen LogP contribution in [0, 0.1) is 0 Å². The van der Waals surface area contributed by atoms with E-state index >= 15 is 0 Å². The number of rotatable bonds is 1. The molecule has 0 amide bonds. The molecule has 1 aromatic heterocycles. The Morgan fingerprint density at radius 1 is 1.08 bits per heavy atom. The zero-order valence-electron chi connectivity index (χ0n) is 6.85. The van der Waals surface area contributed by atoms with Crippen LogP contribution in [0.1, 0.15) is 12.8 Å². The summed E-state index contributed by atoms with van der Waals surface area (Å²) in [6.45, 7) is 0. The Labute approximate surface area is 71.9 Å². The summed E-state index contributed by atoms with van der Waals surface area (Å²) in [6.07, 6.45) is 10.3. The minimum atomic E-state index is 1.03. The Balaban J connectivity index is 2.31. The fraction of sp³-hybridized carbons (Fsp3) is 0.200. The van der Waals surface area contributed by atoms with Crippen molar-refractivity contribution in [2.45, 2.75) is 12.8 Å². The average Bonchev–Trinajstić information content (AvgIpc) is 2.21. The quantitative estimate of drug-likeness (QED) is 0.554. The first-order valence-corrected chi connectivity index (χ1v) is 4.16. The lowest BCUT2D eigenvalue weighted by molar-refractivity contribution is -0.582. The second-order valence-corrected chi connectivity index (χ2v) is 2.73. The molecule has 2 heterocycles. The maximum Gasteiger partial charge on any atom is 0.323 e. The molecule has 0 saturated heterocycles. The number of hydrogen-bond acceptors (Lipinski definition) is 1. The molecule has 2 rings (SSSR count). The van der Waals surface area contributed by atoms with Crippen LogP contribution >= 0.6 is 0 Å². The second kappa shape index (κ2) is 3.30. The summed E-state index contributed by atoms with van der Waals surface area (Å²) < 4.78 is 2.02. The van der Waals surface area contributed by atoms with Gasteiger partial charge in [-0.15, -0.1) is 0 Å². The molecule has 1 aromatic rings. The number of hydrogen-bond donors (Lipinski definition) is 0. The molecule has 0 fully saturated rings. The van der Waals surface area contributed by atoms with Crippen LogP contribution in [0.5, 0.6) is 0 Å². The topological polar surface area (TPSA) is 16.2 Å². The fourth-order valence-corrected chi connectivity index (χ4v) is 1.22. The summed E-state index contributed by atoms with van der Waals surface area (Å²) in [5.41, 5.74) is 0. The Bertz CT molecular complexity index is 312. The molecule has 0 bridgehead atoms. The van der Waals surface area contributed by atoms with Gasteiger partial charge in [0, 0.05) is 12.5 Å². The highest BCUT2D eigenvalue weighted by molar-refractivity contribution is 5.65. The van der Waals surface area contributed by atoms with E-state index in [0.29, 0.717) is 0 Å². The number of nitrogens with zero attached hydrogens (tertiary/aromatic N) is 2. The molecule has 0 spiro atoms. The van der Waals surface area contributed by atoms with Crippen LogP contribution in [0.4, 0.5) is 0 Å². The number of aliphatic imine (C=N–C) groups is 1. The SMILES string of the molecule is C1=NC([n+]2ccccc2)=CCC1. The highest BCUT2D eigenvalue weighted by atomic mass is 15.1. The molecule has 0 aliphatic carbocycles. The van der Waals surface area contributed by atoms with Crippen molar-refractivity contribution in [3.8, 4) is 0 Å². The van der Waals surface area contributed by atoms with Gasteiger partial charge in [0.15, 0.2) is 0 Å². The zero-order chi connectivity index (χ0) is 8.23. The minimum absolute atomic E-state index is 1.03. The molecule has 12 heavy (non-hydrogen) atoms. The van der Waals surface area contributed by atoms with E-state index < -0.39 is 0 Å². The molecule has 0 N–H and O–H groups in total. The predicted octanol–water partition coefficient (Wildman–Crippen LogP) is 1.64. The molecule has 60 valence electrons. The summed E-state index contributed by atoms with van der Waals surface area (Å²) in [5, 5.41) is 0. The molecule has 0 atom stereocenters. The van der Waals surface area contributed by atoms with Gasteiger partial charge in [-0.25, -0.2) is 4.57 Å². The van der Waals surface area contributed by atoms with Crippen molar-refractivity contribution in [2.75, 3.05) is 0 Å². The Morgan fingerprint density at radius 3 is 2.58 bits per heavy atom. The predicted molar refractivity (Wildman–Crippen MR) is 48.6 cm³/mol. The Kier molecular flexibility index (Phi) is 1.99. The van der Waals surface area contributed by atoms with E-state index in [4.69, 9.17) is 0 Å². The summed E-state index contributed by atoms with van der Waals surface area (Å²) in [4.78, 5) is 4.30. The van der Waals surface area contributed by atoms with E-state index in [0.717, 1.165) is 18.7 Å². The maximum atomic E-state index is 4.30. The van der Waals surface area contributed by atoms with E-state index in [9.17, 15) is 0 Å². The van der Waals surface area contributed by atoms with Crippen LogP contribution in [-0.2, 0) is 0 Å². The van der Waals surface area contributed by atoms with Gasteiger partial charge in [-0.3, -0.25) is 0 Å². The third-order valence-corrected chi connectivity index (χ3v) is 1.83. The molecular weight excluding hydrogens is 148 g/mol. The number of aromatic nitrogens is 1. The minimum Gasteiger partial charge on any atom is -0.204 e. The Morgan fingerprint density at radius 2 is 1.92 bits per heavy atom. The molecule has 0 unspecified atom stereocenters. The van der Waals surface area contributed by atoms with E-state index in [2.05, 4.69) is 11.1 Å². The van der Waals surface area contributed by atoms with Crippen molar-refractivity contribution in [3.63, 3.8) is 0 Å². The molecule has 2 nitrogen and oxygen atoms in total. The third-order valence-electron chi connectivity index (χ3n) is 1.83. The smallest absolute Gasteiger partial charge is 0.204 e. The maximum absolute atomic E-state index is 4.30. The van der Waals surface area contributed by atoms with Gasteiger partial charge in [0.05, 0.1) is 12.4 Å². The van der Waals surface area contributed by atoms with Crippen molar-refractivity contribution < 1.29 is 4.57 Å². The van der Waals surface area contributed by atoms with Gasteiger partial charge in [0.2, 0.25) is 0 Å². The lowest BCUT2D eigenvalue weighted by atomic mass is 10.3. The molecule has 0 aromatic carbocycles. The highest BCUT2D eigenvalue weighted by Crippen LogP contribution is 2.04. The van der Waals surface area contributed by atoms with E-state index in [-0.39, 0.29) is 0 Å². The fourth-order valence-electron chi connectivity index (χ4n) is 1.22. The van der Waals surface area contributed by atoms with Crippen molar-refractivity contribution in [2.24, 2.45) is 4.99 Å². The summed E-state index contributed by atoms with van der Waals surface area (Å²) >= 11 is 0.